The Kier molecular flexibility index (Phi) is 4.73. The van der Waals surface area contributed by atoms with Gasteiger partial charge in [-0.2, -0.15) is 0 Å². The smallest absolute Gasteiger partial charge is 0.132 e. The third-order valence-electron chi connectivity index (χ3n) is 1.60. The first-order valence-corrected chi connectivity index (χ1v) is 4.37. The number of benzene rings is 1. The van der Waals surface area contributed by atoms with Crippen LogP contribution in [0.15, 0.2) is 28.7 Å². The molecule has 3 heteroatoms. The highest BCUT2D eigenvalue weighted by Gasteiger charge is 2.09. The summed E-state index contributed by atoms with van der Waals surface area (Å²) in [7, 11) is 6.47. The lowest BCUT2D eigenvalue weighted by molar-refractivity contribution is -0.00000243. The molecule has 68 valence electrons. The lowest BCUT2D eigenvalue weighted by atomic mass is 10.3. The summed E-state index contributed by atoms with van der Waals surface area (Å²) in [5.74, 6) is 0. The second-order valence-electron chi connectivity index (χ2n) is 3.49. The van der Waals surface area contributed by atoms with Crippen molar-refractivity contribution in [3.8, 4) is 0 Å². The molecule has 0 aliphatic heterocycles. The molecule has 12 heavy (non-hydrogen) atoms. The molecule has 0 heterocycles. The van der Waals surface area contributed by atoms with Crippen LogP contribution in [-0.2, 0) is 0 Å². The van der Waals surface area contributed by atoms with Gasteiger partial charge in [0.15, 0.2) is 0 Å². The third kappa shape index (κ3) is 3.41. The van der Waals surface area contributed by atoms with E-state index in [1.165, 1.54) is 5.69 Å². The van der Waals surface area contributed by atoms with Crippen molar-refractivity contribution in [1.29, 1.82) is 0 Å². The Bertz CT molecular complexity index is 238. The molecule has 0 fully saturated rings. The topological polar surface area (TPSA) is 0 Å². The first kappa shape index (κ1) is 12.4. The zero-order valence-electron chi connectivity index (χ0n) is 7.51. The minimum Gasteiger partial charge on any atom is -1.00 e. The highest BCUT2D eigenvalue weighted by Crippen LogP contribution is 2.19. The number of nitrogens with zero attached hydrogens (tertiary/aromatic N) is 1. The summed E-state index contributed by atoms with van der Waals surface area (Å²) in [6.07, 6.45) is 0. The predicted octanol–water partition coefficient (Wildman–Crippen LogP) is -0.350. The molecule has 0 bridgehead atoms. The van der Waals surface area contributed by atoms with Gasteiger partial charge >= 0.3 is 0 Å². The van der Waals surface area contributed by atoms with E-state index in [0.717, 1.165) is 8.96 Å². The average Bonchev–Trinajstić information content (AvgIpc) is 1.86. The molecule has 1 aromatic carbocycles. The van der Waals surface area contributed by atoms with Gasteiger partial charge in [-0.05, 0) is 12.1 Å². The van der Waals surface area contributed by atoms with Crippen LogP contribution in [0.3, 0.4) is 0 Å². The Morgan fingerprint density at radius 3 is 1.75 bits per heavy atom. The molecule has 1 nitrogen and oxygen atoms in total. The Hall–Kier alpha value is 0.390. The van der Waals surface area contributed by atoms with Gasteiger partial charge in [0, 0.05) is 16.6 Å². The quantitative estimate of drug-likeness (QED) is 0.484. The monoisotopic (exact) mass is 341 g/mol. The lowest BCUT2D eigenvalue weighted by Crippen LogP contribution is -3.00. The van der Waals surface area contributed by atoms with Crippen molar-refractivity contribution >= 4 is 21.6 Å². The van der Waals surface area contributed by atoms with Crippen LogP contribution in [0.2, 0.25) is 0 Å². The van der Waals surface area contributed by atoms with Crippen molar-refractivity contribution in [2.24, 2.45) is 0 Å². The minimum absolute atomic E-state index is 0. The first-order chi connectivity index (χ1) is 5.00. The molecule has 1 aromatic rings. The van der Waals surface area contributed by atoms with Gasteiger partial charge in [0.05, 0.1) is 21.1 Å². The van der Waals surface area contributed by atoms with Gasteiger partial charge in [0.2, 0.25) is 0 Å². The van der Waals surface area contributed by atoms with E-state index in [9.17, 15) is 0 Å². The summed E-state index contributed by atoms with van der Waals surface area (Å²) in [5, 5.41) is 0. The molecule has 0 atom stereocenters. The second kappa shape index (κ2) is 4.58. The van der Waals surface area contributed by atoms with E-state index in [2.05, 4.69) is 61.3 Å². The fourth-order valence-electron chi connectivity index (χ4n) is 0.888. The van der Waals surface area contributed by atoms with Crippen molar-refractivity contribution in [3.63, 3.8) is 0 Å². The average molecular weight is 342 g/mol. The Morgan fingerprint density at radius 2 is 1.42 bits per heavy atom. The van der Waals surface area contributed by atoms with E-state index in [1.54, 1.807) is 0 Å². The molecule has 0 saturated heterocycles. The van der Waals surface area contributed by atoms with E-state index in [1.807, 2.05) is 0 Å². The van der Waals surface area contributed by atoms with Gasteiger partial charge < -0.3 is 24.0 Å². The maximum absolute atomic E-state index is 3.41. The van der Waals surface area contributed by atoms with Gasteiger partial charge in [0.25, 0.3) is 0 Å². The molecule has 1 rings (SSSR count). The molecular weight excluding hydrogens is 329 g/mol. The maximum Gasteiger partial charge on any atom is 0.132 e. The molecule has 0 unspecified atom stereocenters. The van der Waals surface area contributed by atoms with Gasteiger partial charge in [-0.25, -0.2) is 0 Å². The van der Waals surface area contributed by atoms with Crippen molar-refractivity contribution in [3.05, 3.63) is 28.7 Å². The fourth-order valence-corrected chi connectivity index (χ4v) is 1.15. The van der Waals surface area contributed by atoms with Crippen LogP contribution in [0.1, 0.15) is 0 Å². The molecular formula is C9H13BrIN. The van der Waals surface area contributed by atoms with Crippen LogP contribution < -0.4 is 28.5 Å². The number of halogens is 2. The van der Waals surface area contributed by atoms with Crippen LogP contribution in [0.5, 0.6) is 0 Å². The fraction of sp³-hybridized carbons (Fsp3) is 0.333. The summed E-state index contributed by atoms with van der Waals surface area (Å²) in [6.45, 7) is 0. The summed E-state index contributed by atoms with van der Waals surface area (Å²) in [6, 6.07) is 8.39. The van der Waals surface area contributed by atoms with Crippen molar-refractivity contribution < 1.29 is 24.0 Å². The molecule has 0 aliphatic rings. The second-order valence-corrected chi connectivity index (χ2v) is 4.40. The Balaban J connectivity index is 0.00000121. The van der Waals surface area contributed by atoms with Crippen LogP contribution in [-0.4, -0.2) is 21.1 Å². The van der Waals surface area contributed by atoms with E-state index in [4.69, 9.17) is 0 Å². The summed E-state index contributed by atoms with van der Waals surface area (Å²) in [4.78, 5) is 0. The van der Waals surface area contributed by atoms with E-state index in [0.29, 0.717) is 0 Å². The van der Waals surface area contributed by atoms with E-state index < -0.39 is 0 Å². The maximum atomic E-state index is 3.41. The zero-order valence-corrected chi connectivity index (χ0v) is 11.3. The van der Waals surface area contributed by atoms with Gasteiger partial charge in [-0.15, -0.1) is 0 Å². The van der Waals surface area contributed by atoms with Crippen molar-refractivity contribution in [2.45, 2.75) is 0 Å². The molecule has 0 N–H and O–H groups in total. The zero-order chi connectivity index (χ0) is 8.48. The van der Waals surface area contributed by atoms with E-state index in [-0.39, 0.29) is 24.0 Å². The molecule has 0 radical (unpaired) electrons. The highest BCUT2D eigenvalue weighted by atomic mass is 127. The van der Waals surface area contributed by atoms with Gasteiger partial charge in [-0.1, -0.05) is 15.9 Å². The number of rotatable bonds is 1. The summed E-state index contributed by atoms with van der Waals surface area (Å²) >= 11 is 3.41. The normalized spacial score (nSPS) is 10.7. The predicted molar refractivity (Wildman–Crippen MR) is 53.7 cm³/mol. The molecule has 0 spiro atoms. The Labute approximate surface area is 99.5 Å². The van der Waals surface area contributed by atoms with Crippen LogP contribution >= 0.6 is 15.9 Å². The molecule has 0 aliphatic carbocycles. The largest absolute Gasteiger partial charge is 1.00 e. The SMILES string of the molecule is C[N+](C)(C)c1ccc(Br)cc1.[I-]. The first-order valence-electron chi connectivity index (χ1n) is 3.58. The lowest BCUT2D eigenvalue weighted by Gasteiger charge is -2.23. The minimum atomic E-state index is 0. The summed E-state index contributed by atoms with van der Waals surface area (Å²) in [5.41, 5.74) is 1.31. The van der Waals surface area contributed by atoms with Crippen LogP contribution in [0, 0.1) is 0 Å². The Morgan fingerprint density at radius 1 is 1.00 bits per heavy atom. The highest BCUT2D eigenvalue weighted by molar-refractivity contribution is 9.10. The van der Waals surface area contributed by atoms with Gasteiger partial charge in [-0.3, -0.25) is 4.48 Å². The number of hydrogen-bond acceptors (Lipinski definition) is 0. The van der Waals surface area contributed by atoms with Crippen molar-refractivity contribution in [2.75, 3.05) is 21.1 Å². The summed E-state index contributed by atoms with van der Waals surface area (Å²) < 4.78 is 2.00. The van der Waals surface area contributed by atoms with E-state index >= 15 is 0 Å². The van der Waals surface area contributed by atoms with Crippen molar-refractivity contribution in [1.82, 2.24) is 4.48 Å². The molecule has 0 saturated carbocycles. The number of hydrogen-bond donors (Lipinski definition) is 0. The van der Waals surface area contributed by atoms with Crippen LogP contribution in [0.25, 0.3) is 0 Å². The van der Waals surface area contributed by atoms with Gasteiger partial charge in [0.1, 0.15) is 5.69 Å². The third-order valence-corrected chi connectivity index (χ3v) is 2.13. The standard InChI is InChI=1S/C9H13BrN.HI/c1-11(2,3)9-6-4-8(10)5-7-9;/h4-7H,1-3H3;1H/q+1;/p-1. The molecule has 0 amide bonds. The van der Waals surface area contributed by atoms with Crippen LogP contribution in [0.4, 0.5) is 5.69 Å². The number of quaternary nitrogens is 1. The molecule has 0 aromatic heterocycles.